The first-order valence-corrected chi connectivity index (χ1v) is 7.47. The molecule has 1 aliphatic heterocycles. The van der Waals surface area contributed by atoms with Gasteiger partial charge in [0.25, 0.3) is 0 Å². The van der Waals surface area contributed by atoms with Gasteiger partial charge in [0.1, 0.15) is 5.82 Å². The van der Waals surface area contributed by atoms with Crippen molar-refractivity contribution >= 4 is 12.4 Å². The molecule has 0 amide bonds. The zero-order valence-corrected chi connectivity index (χ0v) is 13.9. The largest absolute Gasteiger partial charge is 0.416 e. The summed E-state index contributed by atoms with van der Waals surface area (Å²) in [5, 5.41) is 2.97. The van der Waals surface area contributed by atoms with E-state index in [2.05, 4.69) is 5.32 Å². The Hall–Kier alpha value is -1.06. The van der Waals surface area contributed by atoms with Crippen molar-refractivity contribution in [1.82, 2.24) is 10.2 Å². The van der Waals surface area contributed by atoms with E-state index >= 15 is 0 Å². The number of piperazine rings is 1. The molecule has 1 N–H and O–H groups in total. The van der Waals surface area contributed by atoms with Crippen LogP contribution in [-0.4, -0.2) is 37.3 Å². The van der Waals surface area contributed by atoms with Crippen molar-refractivity contribution in [3.63, 3.8) is 0 Å². The molecule has 25 heavy (non-hydrogen) atoms. The van der Waals surface area contributed by atoms with Crippen LogP contribution in [0, 0.1) is 5.82 Å². The number of benzene rings is 1. The lowest BCUT2D eigenvalue weighted by atomic mass is 9.93. The van der Waals surface area contributed by atoms with Crippen LogP contribution < -0.4 is 5.32 Å². The molecule has 144 valence electrons. The van der Waals surface area contributed by atoms with E-state index in [0.717, 1.165) is 12.1 Å². The highest BCUT2D eigenvalue weighted by atomic mass is 35.5. The first kappa shape index (κ1) is 22.0. The average Bonchev–Trinajstić information content (AvgIpc) is 2.47. The number of nitrogens with one attached hydrogen (secondary N) is 1. The maximum atomic E-state index is 14.2. The first-order chi connectivity index (χ1) is 11.1. The van der Waals surface area contributed by atoms with Crippen LogP contribution >= 0.6 is 12.4 Å². The van der Waals surface area contributed by atoms with Gasteiger partial charge in [0.05, 0.1) is 5.56 Å². The van der Waals surface area contributed by atoms with Gasteiger partial charge < -0.3 is 5.32 Å². The highest BCUT2D eigenvalue weighted by molar-refractivity contribution is 5.85. The number of hydrogen-bond donors (Lipinski definition) is 1. The molecule has 2 nitrogen and oxygen atoms in total. The smallest absolute Gasteiger partial charge is 0.314 e. The van der Waals surface area contributed by atoms with E-state index in [-0.39, 0.29) is 25.5 Å². The molecule has 1 heterocycles. The second-order valence-electron chi connectivity index (χ2n) is 5.65. The lowest BCUT2D eigenvalue weighted by Gasteiger charge is -2.36. The molecule has 0 aliphatic carbocycles. The van der Waals surface area contributed by atoms with Crippen LogP contribution in [0.25, 0.3) is 0 Å². The summed E-state index contributed by atoms with van der Waals surface area (Å²) in [6.07, 6.45) is -11.2. The van der Waals surface area contributed by atoms with Crippen LogP contribution in [-0.2, 0) is 6.18 Å². The van der Waals surface area contributed by atoms with Gasteiger partial charge in [-0.25, -0.2) is 4.39 Å². The molecule has 0 unspecified atom stereocenters. The molecular weight excluding hydrogens is 377 g/mol. The quantitative estimate of drug-likeness (QED) is 0.753. The molecule has 1 atom stereocenters. The van der Waals surface area contributed by atoms with Gasteiger partial charge in [-0.2, -0.15) is 26.3 Å². The molecule has 0 spiro atoms. The van der Waals surface area contributed by atoms with Crippen LogP contribution in [0.2, 0.25) is 0 Å². The first-order valence-electron chi connectivity index (χ1n) is 7.47. The molecule has 1 saturated heterocycles. The lowest BCUT2D eigenvalue weighted by Crippen LogP contribution is -2.46. The predicted molar refractivity (Wildman–Crippen MR) is 81.1 cm³/mol. The predicted octanol–water partition coefficient (Wildman–Crippen LogP) is 4.56. The lowest BCUT2D eigenvalue weighted by molar-refractivity contribution is -0.141. The van der Waals surface area contributed by atoms with Gasteiger partial charge in [0.2, 0.25) is 0 Å². The minimum absolute atomic E-state index is 0. The Bertz CT molecular complexity index is 554. The van der Waals surface area contributed by atoms with Gasteiger partial charge in [-0.1, -0.05) is 6.07 Å². The van der Waals surface area contributed by atoms with E-state index in [0.29, 0.717) is 19.2 Å². The van der Waals surface area contributed by atoms with Gasteiger partial charge in [0, 0.05) is 44.2 Å². The second kappa shape index (κ2) is 8.55. The number of alkyl halides is 6. The van der Waals surface area contributed by atoms with Crippen molar-refractivity contribution in [2.75, 3.05) is 26.2 Å². The summed E-state index contributed by atoms with van der Waals surface area (Å²) in [4.78, 5) is 1.48. The van der Waals surface area contributed by atoms with Crippen molar-refractivity contribution in [2.45, 2.75) is 31.2 Å². The standard InChI is InChI=1S/C15H17F7N2.ClH/c16-11-3-1-2-10(15(20,21)22)13(11)12(4-5-14(17,18)19)24-8-6-23-7-9-24;/h1-3,12,23H,4-9H2;1H/t12-;/m1./s1. The summed E-state index contributed by atoms with van der Waals surface area (Å²) in [5.41, 5.74) is -1.91. The van der Waals surface area contributed by atoms with Crippen LogP contribution in [0.5, 0.6) is 0 Å². The molecule has 0 saturated carbocycles. The number of nitrogens with zero attached hydrogens (tertiary/aromatic N) is 1. The molecule has 1 aliphatic rings. The summed E-state index contributed by atoms with van der Waals surface area (Å²) < 4.78 is 91.6. The molecule has 10 heteroatoms. The van der Waals surface area contributed by atoms with Crippen LogP contribution in [0.3, 0.4) is 0 Å². The minimum Gasteiger partial charge on any atom is -0.314 e. The number of rotatable bonds is 4. The zero-order valence-electron chi connectivity index (χ0n) is 13.1. The maximum Gasteiger partial charge on any atom is 0.416 e. The van der Waals surface area contributed by atoms with Gasteiger partial charge in [-0.05, 0) is 18.6 Å². The van der Waals surface area contributed by atoms with E-state index in [9.17, 15) is 30.7 Å². The van der Waals surface area contributed by atoms with E-state index in [1.807, 2.05) is 0 Å². The van der Waals surface area contributed by atoms with Crippen LogP contribution in [0.4, 0.5) is 30.7 Å². The summed E-state index contributed by atoms with van der Waals surface area (Å²) in [6, 6.07) is 1.21. The Morgan fingerprint density at radius 2 is 1.64 bits per heavy atom. The van der Waals surface area contributed by atoms with Crippen molar-refractivity contribution < 1.29 is 30.7 Å². The topological polar surface area (TPSA) is 15.3 Å². The SMILES string of the molecule is Cl.Fc1cccc(C(F)(F)F)c1[C@@H](CCC(F)(F)F)N1CCNCC1. The molecule has 0 radical (unpaired) electrons. The third-order valence-corrected chi connectivity index (χ3v) is 3.99. The van der Waals surface area contributed by atoms with E-state index in [1.54, 1.807) is 0 Å². The summed E-state index contributed by atoms with van der Waals surface area (Å²) in [7, 11) is 0. The number of hydrogen-bond acceptors (Lipinski definition) is 2. The normalized spacial score (nSPS) is 17.9. The fourth-order valence-electron chi connectivity index (χ4n) is 2.93. The molecule has 0 bridgehead atoms. The van der Waals surface area contributed by atoms with Gasteiger partial charge in [0.15, 0.2) is 0 Å². The van der Waals surface area contributed by atoms with Crippen LogP contribution in [0.1, 0.15) is 30.0 Å². The minimum atomic E-state index is -4.83. The Labute approximate surface area is 146 Å². The molecular formula is C15H18ClF7N2. The molecule has 1 aromatic rings. The monoisotopic (exact) mass is 394 g/mol. The Kier molecular flexibility index (Phi) is 7.52. The highest BCUT2D eigenvalue weighted by Gasteiger charge is 2.40. The molecule has 1 fully saturated rings. The third kappa shape index (κ3) is 6.00. The second-order valence-corrected chi connectivity index (χ2v) is 5.65. The fraction of sp³-hybridized carbons (Fsp3) is 0.600. The summed E-state index contributed by atoms with van der Waals surface area (Å²) >= 11 is 0. The van der Waals surface area contributed by atoms with Gasteiger partial charge >= 0.3 is 12.4 Å². The molecule has 2 rings (SSSR count). The zero-order chi connectivity index (χ0) is 18.0. The van der Waals surface area contributed by atoms with Crippen molar-refractivity contribution in [3.05, 3.63) is 35.1 Å². The Morgan fingerprint density at radius 1 is 1.04 bits per heavy atom. The Morgan fingerprint density at radius 3 is 2.16 bits per heavy atom. The molecule has 1 aromatic carbocycles. The van der Waals surface area contributed by atoms with Crippen molar-refractivity contribution in [1.29, 1.82) is 0 Å². The number of halogens is 8. The average molecular weight is 395 g/mol. The Balaban J connectivity index is 0.00000312. The summed E-state index contributed by atoms with van der Waals surface area (Å²) in [6.45, 7) is 1.37. The van der Waals surface area contributed by atoms with E-state index < -0.39 is 48.2 Å². The van der Waals surface area contributed by atoms with Gasteiger partial charge in [-0.15, -0.1) is 12.4 Å². The van der Waals surface area contributed by atoms with E-state index in [1.165, 1.54) is 4.90 Å². The van der Waals surface area contributed by atoms with Crippen LogP contribution in [0.15, 0.2) is 18.2 Å². The van der Waals surface area contributed by atoms with E-state index in [4.69, 9.17) is 0 Å². The molecule has 0 aromatic heterocycles. The van der Waals surface area contributed by atoms with Crippen molar-refractivity contribution in [2.24, 2.45) is 0 Å². The highest BCUT2D eigenvalue weighted by Crippen LogP contribution is 2.40. The third-order valence-electron chi connectivity index (χ3n) is 3.99. The van der Waals surface area contributed by atoms with Crippen molar-refractivity contribution in [3.8, 4) is 0 Å². The fourth-order valence-corrected chi connectivity index (χ4v) is 2.93. The maximum absolute atomic E-state index is 14.2. The summed E-state index contributed by atoms with van der Waals surface area (Å²) in [5.74, 6) is -1.13. The van der Waals surface area contributed by atoms with Gasteiger partial charge in [-0.3, -0.25) is 4.90 Å².